The van der Waals surface area contributed by atoms with E-state index < -0.39 is 21.2 Å². The minimum atomic E-state index is -3.24. The van der Waals surface area contributed by atoms with Gasteiger partial charge in [0.2, 0.25) is 0 Å². The van der Waals surface area contributed by atoms with Crippen molar-refractivity contribution in [3.05, 3.63) is 18.6 Å². The smallest absolute Gasteiger partial charge is 0.407 e. The zero-order valence-electron chi connectivity index (χ0n) is 14.4. The maximum Gasteiger partial charge on any atom is 0.407 e. The summed E-state index contributed by atoms with van der Waals surface area (Å²) < 4.78 is 24.8. The molecule has 0 radical (unpaired) electrons. The molecule has 4 rings (SSSR count). The Hall–Kier alpha value is -2.36. The van der Waals surface area contributed by atoms with Crippen molar-refractivity contribution in [1.82, 2.24) is 19.9 Å². The fraction of sp³-hybridized carbons (Fsp3) is 0.562. The van der Waals surface area contributed by atoms with Gasteiger partial charge in [-0.15, -0.1) is 0 Å². The highest BCUT2D eigenvalue weighted by atomic mass is 32.2. The Kier molecular flexibility index (Phi) is 4.02. The standard InChI is InChI=1S/C16H21N5O4S/c1-20(15-13-2-3-17-14(13)18-9-19-15)11-4-10(5-11)8-26(24,25)12-6-21(7-12)16(22)23/h2-3,9-12H,4-8H2,1H3,(H,22,23)(H,17,18,19)/t10-,11-. The van der Waals surface area contributed by atoms with Gasteiger partial charge in [0.25, 0.3) is 0 Å². The quantitative estimate of drug-likeness (QED) is 0.793. The molecule has 2 aromatic heterocycles. The number of likely N-dealkylation sites (tertiary alicyclic amines) is 1. The van der Waals surface area contributed by atoms with Crippen molar-refractivity contribution in [1.29, 1.82) is 0 Å². The molecule has 1 amide bonds. The minimum Gasteiger partial charge on any atom is -0.465 e. The zero-order valence-corrected chi connectivity index (χ0v) is 15.2. The third-order valence-electron chi connectivity index (χ3n) is 5.52. The molecular formula is C16H21N5O4S. The lowest BCUT2D eigenvalue weighted by Crippen LogP contribution is -2.58. The number of fused-ring (bicyclic) bond motifs is 1. The number of H-pyrrole nitrogens is 1. The number of sulfone groups is 1. The summed E-state index contributed by atoms with van der Waals surface area (Å²) >= 11 is 0. The monoisotopic (exact) mass is 379 g/mol. The van der Waals surface area contributed by atoms with Crippen LogP contribution in [0.4, 0.5) is 10.6 Å². The summed E-state index contributed by atoms with van der Waals surface area (Å²) in [6.07, 6.45) is 3.88. The Morgan fingerprint density at radius 1 is 1.38 bits per heavy atom. The summed E-state index contributed by atoms with van der Waals surface area (Å²) in [5.41, 5.74) is 0.785. The number of carbonyl (C=O) groups is 1. The van der Waals surface area contributed by atoms with Gasteiger partial charge in [-0.1, -0.05) is 0 Å². The highest BCUT2D eigenvalue weighted by Gasteiger charge is 2.43. The molecule has 1 saturated heterocycles. The van der Waals surface area contributed by atoms with Gasteiger partial charge in [-0.25, -0.2) is 23.2 Å². The van der Waals surface area contributed by atoms with E-state index in [1.807, 2.05) is 19.3 Å². The molecule has 0 atom stereocenters. The van der Waals surface area contributed by atoms with Crippen LogP contribution in [0.5, 0.6) is 0 Å². The number of hydrogen-bond donors (Lipinski definition) is 2. The average Bonchev–Trinajstić information content (AvgIpc) is 2.96. The van der Waals surface area contributed by atoms with Crippen LogP contribution in [-0.4, -0.2) is 76.7 Å². The number of amides is 1. The number of nitrogens with zero attached hydrogens (tertiary/aromatic N) is 4. The summed E-state index contributed by atoms with van der Waals surface area (Å²) in [6.45, 7) is 0.195. The molecule has 2 N–H and O–H groups in total. The van der Waals surface area contributed by atoms with Crippen LogP contribution >= 0.6 is 0 Å². The second-order valence-electron chi connectivity index (χ2n) is 7.18. The van der Waals surface area contributed by atoms with E-state index in [0.717, 1.165) is 34.6 Å². The van der Waals surface area contributed by atoms with E-state index in [0.29, 0.717) is 0 Å². The van der Waals surface area contributed by atoms with E-state index in [2.05, 4.69) is 19.9 Å². The van der Waals surface area contributed by atoms with Gasteiger partial charge in [-0.05, 0) is 24.8 Å². The third kappa shape index (κ3) is 2.87. The second kappa shape index (κ2) is 6.11. The minimum absolute atomic E-state index is 0.0973. The van der Waals surface area contributed by atoms with E-state index in [-0.39, 0.29) is 30.8 Å². The lowest BCUT2D eigenvalue weighted by molar-refractivity contribution is 0.119. The van der Waals surface area contributed by atoms with Crippen molar-refractivity contribution in [2.45, 2.75) is 24.1 Å². The molecule has 9 nitrogen and oxygen atoms in total. The van der Waals surface area contributed by atoms with Crippen molar-refractivity contribution < 1.29 is 18.3 Å². The molecule has 2 aromatic rings. The maximum absolute atomic E-state index is 12.4. The number of rotatable bonds is 5. The molecule has 26 heavy (non-hydrogen) atoms. The highest BCUT2D eigenvalue weighted by molar-refractivity contribution is 7.92. The molecule has 0 spiro atoms. The molecule has 2 aliphatic rings. The molecule has 0 unspecified atom stereocenters. The first-order valence-electron chi connectivity index (χ1n) is 8.55. The summed E-state index contributed by atoms with van der Waals surface area (Å²) in [5, 5.41) is 9.24. The second-order valence-corrected chi connectivity index (χ2v) is 9.50. The summed E-state index contributed by atoms with van der Waals surface area (Å²) in [7, 11) is -1.27. The van der Waals surface area contributed by atoms with Crippen LogP contribution in [0, 0.1) is 5.92 Å². The molecular weight excluding hydrogens is 358 g/mol. The van der Waals surface area contributed by atoms with Gasteiger partial charge >= 0.3 is 6.09 Å². The van der Waals surface area contributed by atoms with Gasteiger partial charge in [0, 0.05) is 32.4 Å². The Labute approximate surface area is 151 Å². The first kappa shape index (κ1) is 17.1. The van der Waals surface area contributed by atoms with Crippen molar-refractivity contribution in [3.63, 3.8) is 0 Å². The average molecular weight is 379 g/mol. The molecule has 3 heterocycles. The van der Waals surface area contributed by atoms with Gasteiger partial charge in [0.05, 0.1) is 16.4 Å². The molecule has 2 fully saturated rings. The number of aromatic nitrogens is 3. The third-order valence-corrected chi connectivity index (χ3v) is 7.77. The molecule has 140 valence electrons. The topological polar surface area (TPSA) is 119 Å². The Morgan fingerprint density at radius 3 is 2.81 bits per heavy atom. The van der Waals surface area contributed by atoms with E-state index >= 15 is 0 Å². The van der Waals surface area contributed by atoms with Gasteiger partial charge in [-0.2, -0.15) is 0 Å². The summed E-state index contributed by atoms with van der Waals surface area (Å²) in [6, 6.07) is 2.19. The van der Waals surface area contributed by atoms with Crippen molar-refractivity contribution in [2.24, 2.45) is 5.92 Å². The van der Waals surface area contributed by atoms with Crippen molar-refractivity contribution in [2.75, 3.05) is 30.8 Å². The lowest BCUT2D eigenvalue weighted by Gasteiger charge is -2.43. The number of carboxylic acid groups (broad SMARTS) is 1. The Bertz CT molecular complexity index is 931. The van der Waals surface area contributed by atoms with E-state index in [9.17, 15) is 13.2 Å². The summed E-state index contributed by atoms with van der Waals surface area (Å²) in [5.74, 6) is 1.10. The van der Waals surface area contributed by atoms with E-state index in [1.165, 1.54) is 6.33 Å². The predicted molar refractivity (Wildman–Crippen MR) is 96.0 cm³/mol. The predicted octanol–water partition coefficient (Wildman–Crippen LogP) is 0.950. The van der Waals surface area contributed by atoms with Crippen LogP contribution in [0.25, 0.3) is 11.0 Å². The maximum atomic E-state index is 12.4. The van der Waals surface area contributed by atoms with Crippen molar-refractivity contribution in [3.8, 4) is 0 Å². The molecule has 10 heteroatoms. The van der Waals surface area contributed by atoms with Crippen LogP contribution in [0.15, 0.2) is 18.6 Å². The fourth-order valence-electron chi connectivity index (χ4n) is 3.75. The lowest BCUT2D eigenvalue weighted by atomic mass is 9.81. The normalized spacial score (nSPS) is 23.5. The summed E-state index contributed by atoms with van der Waals surface area (Å²) in [4.78, 5) is 25.6. The van der Waals surface area contributed by atoms with E-state index in [1.54, 1.807) is 0 Å². The van der Waals surface area contributed by atoms with Gasteiger partial charge < -0.3 is 19.9 Å². The number of aromatic amines is 1. The van der Waals surface area contributed by atoms with Crippen LogP contribution < -0.4 is 4.90 Å². The Balaban J connectivity index is 1.34. The largest absolute Gasteiger partial charge is 0.465 e. The van der Waals surface area contributed by atoms with Crippen LogP contribution in [-0.2, 0) is 9.84 Å². The number of hydrogen-bond acceptors (Lipinski definition) is 6. The molecule has 0 aromatic carbocycles. The molecule has 1 aliphatic heterocycles. The van der Waals surface area contributed by atoms with Gasteiger partial charge in [0.1, 0.15) is 17.8 Å². The van der Waals surface area contributed by atoms with Crippen LogP contribution in [0.1, 0.15) is 12.8 Å². The highest BCUT2D eigenvalue weighted by Crippen LogP contribution is 2.36. The van der Waals surface area contributed by atoms with Crippen LogP contribution in [0.3, 0.4) is 0 Å². The zero-order chi connectivity index (χ0) is 18.5. The molecule has 1 saturated carbocycles. The van der Waals surface area contributed by atoms with Gasteiger partial charge in [0.15, 0.2) is 9.84 Å². The Morgan fingerprint density at radius 2 is 2.12 bits per heavy atom. The van der Waals surface area contributed by atoms with Crippen LogP contribution in [0.2, 0.25) is 0 Å². The first-order chi connectivity index (χ1) is 12.3. The van der Waals surface area contributed by atoms with Crippen molar-refractivity contribution >= 4 is 32.8 Å². The SMILES string of the molecule is CN(c1ncnc2[nH]ccc12)[C@H]1C[C@H](CS(=O)(=O)C2CN(C(=O)O)C2)C1. The molecule has 0 bridgehead atoms. The molecule has 1 aliphatic carbocycles. The first-order valence-corrected chi connectivity index (χ1v) is 10.3. The number of anilines is 1. The fourth-order valence-corrected chi connectivity index (χ4v) is 5.77. The van der Waals surface area contributed by atoms with Gasteiger partial charge in [-0.3, -0.25) is 0 Å². The number of nitrogens with one attached hydrogen (secondary N) is 1. The van der Waals surface area contributed by atoms with E-state index in [4.69, 9.17) is 5.11 Å².